The molecule has 2 saturated heterocycles. The molecule has 6 nitrogen and oxygen atoms in total. The van der Waals surface area contributed by atoms with Crippen LogP contribution in [0.15, 0.2) is 23.1 Å². The minimum atomic E-state index is -3.71. The third-order valence-electron chi connectivity index (χ3n) is 5.55. The highest BCUT2D eigenvalue weighted by molar-refractivity contribution is 7.89. The molecule has 1 aromatic rings. The second-order valence-corrected chi connectivity index (χ2v) is 9.27. The van der Waals surface area contributed by atoms with Crippen LogP contribution in [0.4, 0.5) is 0 Å². The van der Waals surface area contributed by atoms with Crippen molar-refractivity contribution in [2.75, 3.05) is 26.7 Å². The number of nitrogens with zero attached hydrogens (tertiary/aromatic N) is 2. The first-order chi connectivity index (χ1) is 12.3. The van der Waals surface area contributed by atoms with Crippen molar-refractivity contribution in [1.29, 1.82) is 0 Å². The van der Waals surface area contributed by atoms with Gasteiger partial charge in [-0.1, -0.05) is 6.92 Å². The Morgan fingerprint density at radius 2 is 1.85 bits per heavy atom. The zero-order valence-electron chi connectivity index (χ0n) is 15.8. The summed E-state index contributed by atoms with van der Waals surface area (Å²) in [5, 5.41) is 0. The largest absolute Gasteiger partial charge is 0.497 e. The van der Waals surface area contributed by atoms with E-state index in [1.54, 1.807) is 32.2 Å². The van der Waals surface area contributed by atoms with Crippen LogP contribution in [0.2, 0.25) is 0 Å². The monoisotopic (exact) mass is 380 g/mol. The van der Waals surface area contributed by atoms with Gasteiger partial charge in [0.15, 0.2) is 0 Å². The Hall–Kier alpha value is -1.60. The van der Waals surface area contributed by atoms with Gasteiger partial charge < -0.3 is 9.64 Å². The van der Waals surface area contributed by atoms with E-state index in [0.717, 1.165) is 32.4 Å². The molecule has 3 rings (SSSR count). The molecular weight excluding hydrogens is 352 g/mol. The van der Waals surface area contributed by atoms with Crippen molar-refractivity contribution in [3.8, 4) is 5.75 Å². The Kier molecular flexibility index (Phi) is 5.58. The lowest BCUT2D eigenvalue weighted by atomic mass is 9.98. The molecule has 0 aromatic heterocycles. The van der Waals surface area contributed by atoms with E-state index in [4.69, 9.17) is 4.74 Å². The van der Waals surface area contributed by atoms with E-state index in [-0.39, 0.29) is 10.8 Å². The number of hydrogen-bond donors (Lipinski definition) is 0. The third-order valence-corrected chi connectivity index (χ3v) is 7.62. The van der Waals surface area contributed by atoms with Crippen LogP contribution in [0, 0.1) is 12.8 Å². The van der Waals surface area contributed by atoms with Crippen LogP contribution in [0.5, 0.6) is 5.75 Å². The fourth-order valence-electron chi connectivity index (χ4n) is 3.88. The molecule has 0 bridgehead atoms. The number of ether oxygens (including phenoxy) is 1. The van der Waals surface area contributed by atoms with Crippen LogP contribution in [0.25, 0.3) is 0 Å². The molecule has 0 N–H and O–H groups in total. The van der Waals surface area contributed by atoms with Gasteiger partial charge in [0.25, 0.3) is 0 Å². The molecule has 2 fully saturated rings. The second kappa shape index (κ2) is 7.56. The van der Waals surface area contributed by atoms with Crippen molar-refractivity contribution < 1.29 is 17.9 Å². The van der Waals surface area contributed by atoms with Crippen molar-refractivity contribution in [3.05, 3.63) is 23.8 Å². The van der Waals surface area contributed by atoms with Gasteiger partial charge in [-0.2, -0.15) is 4.31 Å². The minimum Gasteiger partial charge on any atom is -0.497 e. The lowest BCUT2D eigenvalue weighted by Gasteiger charge is -2.34. The van der Waals surface area contributed by atoms with Crippen LogP contribution < -0.4 is 4.74 Å². The summed E-state index contributed by atoms with van der Waals surface area (Å²) in [7, 11) is -2.15. The molecule has 2 heterocycles. The molecule has 0 radical (unpaired) electrons. The summed E-state index contributed by atoms with van der Waals surface area (Å²) >= 11 is 0. The van der Waals surface area contributed by atoms with E-state index in [0.29, 0.717) is 30.2 Å². The Morgan fingerprint density at radius 3 is 2.46 bits per heavy atom. The van der Waals surface area contributed by atoms with Gasteiger partial charge >= 0.3 is 0 Å². The molecule has 2 aliphatic rings. The molecule has 1 amide bonds. The number of likely N-dealkylation sites (tertiary alicyclic amines) is 1. The standard InChI is InChI=1S/C19H28N2O4S/c1-14-8-11-20(12-9-14)19(22)17-5-4-10-21(17)26(23,24)18-7-6-16(25-3)13-15(18)2/h6-7,13-14,17H,4-5,8-12H2,1-3H3/t17-/m1/s1. The Labute approximate surface area is 156 Å². The maximum atomic E-state index is 13.2. The van der Waals surface area contributed by atoms with E-state index < -0.39 is 16.1 Å². The predicted octanol–water partition coefficient (Wildman–Crippen LogP) is 2.42. The Balaban J connectivity index is 1.83. The summed E-state index contributed by atoms with van der Waals surface area (Å²) in [6, 6.07) is 4.37. The molecule has 0 aliphatic carbocycles. The first kappa shape index (κ1) is 19.2. The molecule has 26 heavy (non-hydrogen) atoms. The SMILES string of the molecule is COc1ccc(S(=O)(=O)N2CCC[C@@H]2C(=O)N2CCC(C)CC2)c(C)c1. The number of benzene rings is 1. The highest BCUT2D eigenvalue weighted by Gasteiger charge is 2.42. The van der Waals surface area contributed by atoms with Crippen LogP contribution >= 0.6 is 0 Å². The van der Waals surface area contributed by atoms with Gasteiger partial charge in [-0.15, -0.1) is 0 Å². The quantitative estimate of drug-likeness (QED) is 0.805. The van der Waals surface area contributed by atoms with E-state index in [9.17, 15) is 13.2 Å². The van der Waals surface area contributed by atoms with Gasteiger partial charge in [-0.25, -0.2) is 8.42 Å². The van der Waals surface area contributed by atoms with Crippen molar-refractivity contribution in [1.82, 2.24) is 9.21 Å². The number of hydrogen-bond acceptors (Lipinski definition) is 4. The van der Waals surface area contributed by atoms with Crippen LogP contribution in [-0.4, -0.2) is 56.3 Å². The molecule has 1 aromatic carbocycles. The number of rotatable bonds is 4. The maximum Gasteiger partial charge on any atom is 0.244 e. The highest BCUT2D eigenvalue weighted by atomic mass is 32.2. The average molecular weight is 381 g/mol. The number of carbonyl (C=O) groups is 1. The van der Waals surface area contributed by atoms with Crippen molar-refractivity contribution in [3.63, 3.8) is 0 Å². The number of carbonyl (C=O) groups excluding carboxylic acids is 1. The molecule has 0 spiro atoms. The van der Waals surface area contributed by atoms with Crippen molar-refractivity contribution >= 4 is 15.9 Å². The van der Waals surface area contributed by atoms with E-state index in [1.807, 2.05) is 4.90 Å². The third kappa shape index (κ3) is 3.60. The molecule has 0 unspecified atom stereocenters. The number of sulfonamides is 1. The Morgan fingerprint density at radius 1 is 1.15 bits per heavy atom. The molecule has 0 saturated carbocycles. The highest BCUT2D eigenvalue weighted by Crippen LogP contribution is 2.31. The fourth-order valence-corrected chi connectivity index (χ4v) is 5.74. The average Bonchev–Trinajstić information content (AvgIpc) is 3.12. The number of aryl methyl sites for hydroxylation is 1. The normalized spacial score (nSPS) is 22.6. The van der Waals surface area contributed by atoms with Crippen molar-refractivity contribution in [2.24, 2.45) is 5.92 Å². The van der Waals surface area contributed by atoms with Gasteiger partial charge in [0, 0.05) is 19.6 Å². The molecule has 2 aliphatic heterocycles. The second-order valence-electron chi connectivity index (χ2n) is 7.41. The zero-order valence-corrected chi connectivity index (χ0v) is 16.6. The number of methoxy groups -OCH3 is 1. The first-order valence-electron chi connectivity index (χ1n) is 9.30. The summed E-state index contributed by atoms with van der Waals surface area (Å²) in [5.41, 5.74) is 0.634. The fraction of sp³-hybridized carbons (Fsp3) is 0.632. The lowest BCUT2D eigenvalue weighted by Crippen LogP contribution is -2.49. The molecule has 1 atom stereocenters. The smallest absolute Gasteiger partial charge is 0.244 e. The van der Waals surface area contributed by atoms with Gasteiger partial charge in [-0.05, 0) is 62.3 Å². The zero-order chi connectivity index (χ0) is 18.9. The van der Waals surface area contributed by atoms with Crippen LogP contribution in [0.3, 0.4) is 0 Å². The number of amides is 1. The topological polar surface area (TPSA) is 66.9 Å². The summed E-state index contributed by atoms with van der Waals surface area (Å²) in [6.07, 6.45) is 3.29. The minimum absolute atomic E-state index is 0.0378. The molecular formula is C19H28N2O4S. The molecule has 144 valence electrons. The summed E-state index contributed by atoms with van der Waals surface area (Å²) < 4.78 is 33.0. The Bertz CT molecular complexity index is 770. The van der Waals surface area contributed by atoms with Gasteiger partial charge in [0.05, 0.1) is 12.0 Å². The van der Waals surface area contributed by atoms with E-state index in [1.165, 1.54) is 4.31 Å². The summed E-state index contributed by atoms with van der Waals surface area (Å²) in [6.45, 7) is 5.81. The first-order valence-corrected chi connectivity index (χ1v) is 10.7. The predicted molar refractivity (Wildman–Crippen MR) is 99.6 cm³/mol. The van der Waals surface area contributed by atoms with Crippen molar-refractivity contribution in [2.45, 2.75) is 50.5 Å². The summed E-state index contributed by atoms with van der Waals surface area (Å²) in [4.78, 5) is 15.1. The van der Waals surface area contributed by atoms with Crippen LogP contribution in [0.1, 0.15) is 38.2 Å². The lowest BCUT2D eigenvalue weighted by molar-refractivity contribution is -0.135. The summed E-state index contributed by atoms with van der Waals surface area (Å²) in [5.74, 6) is 1.21. The molecule has 7 heteroatoms. The van der Waals surface area contributed by atoms with Gasteiger partial charge in [-0.3, -0.25) is 4.79 Å². The van der Waals surface area contributed by atoms with Crippen LogP contribution in [-0.2, 0) is 14.8 Å². The van der Waals surface area contributed by atoms with E-state index >= 15 is 0 Å². The van der Waals surface area contributed by atoms with E-state index in [2.05, 4.69) is 6.92 Å². The number of piperidine rings is 1. The van der Waals surface area contributed by atoms with Gasteiger partial charge in [0.1, 0.15) is 11.8 Å². The maximum absolute atomic E-state index is 13.2. The van der Waals surface area contributed by atoms with Gasteiger partial charge in [0.2, 0.25) is 15.9 Å².